The van der Waals surface area contributed by atoms with Gasteiger partial charge in [0.1, 0.15) is 23.1 Å². The Labute approximate surface area is 207 Å². The molecular formula is C27H23ClFNO5. The first-order valence-electron chi connectivity index (χ1n) is 10.9. The predicted molar refractivity (Wildman–Crippen MR) is 132 cm³/mol. The van der Waals surface area contributed by atoms with Gasteiger partial charge in [0.25, 0.3) is 11.7 Å². The summed E-state index contributed by atoms with van der Waals surface area (Å²) in [6.45, 7) is 2.01. The Balaban J connectivity index is 1.97. The van der Waals surface area contributed by atoms with Crippen LogP contribution in [-0.2, 0) is 16.0 Å². The van der Waals surface area contributed by atoms with Gasteiger partial charge < -0.3 is 14.6 Å². The number of benzene rings is 3. The van der Waals surface area contributed by atoms with E-state index in [9.17, 15) is 19.1 Å². The summed E-state index contributed by atoms with van der Waals surface area (Å²) in [5, 5.41) is 11.6. The lowest BCUT2D eigenvalue weighted by atomic mass is 9.94. The number of aryl methyl sites for hydroxylation is 1. The summed E-state index contributed by atoms with van der Waals surface area (Å²) in [6.07, 6.45) is 0.804. The van der Waals surface area contributed by atoms with Crippen molar-refractivity contribution in [2.45, 2.75) is 19.4 Å². The number of Topliss-reactive ketones (excluding diaryl/α,β-unsaturated/α-hetero) is 1. The van der Waals surface area contributed by atoms with E-state index in [0.717, 1.165) is 12.0 Å². The Morgan fingerprint density at radius 3 is 2.20 bits per heavy atom. The van der Waals surface area contributed by atoms with Gasteiger partial charge in [-0.25, -0.2) is 4.39 Å². The molecule has 1 aliphatic heterocycles. The van der Waals surface area contributed by atoms with Crippen molar-refractivity contribution in [3.8, 4) is 11.5 Å². The number of nitrogens with zero attached hydrogens (tertiary/aromatic N) is 1. The van der Waals surface area contributed by atoms with Crippen molar-refractivity contribution in [3.63, 3.8) is 0 Å². The van der Waals surface area contributed by atoms with Gasteiger partial charge in [0.2, 0.25) is 0 Å². The molecule has 35 heavy (non-hydrogen) atoms. The van der Waals surface area contributed by atoms with Crippen LogP contribution < -0.4 is 14.4 Å². The minimum Gasteiger partial charge on any atom is -0.507 e. The van der Waals surface area contributed by atoms with Crippen LogP contribution in [0.4, 0.5) is 10.1 Å². The first-order valence-corrected chi connectivity index (χ1v) is 11.3. The van der Waals surface area contributed by atoms with Gasteiger partial charge >= 0.3 is 0 Å². The highest BCUT2D eigenvalue weighted by Crippen LogP contribution is 2.44. The molecule has 1 amide bonds. The van der Waals surface area contributed by atoms with Gasteiger partial charge in [0.05, 0.1) is 36.4 Å². The zero-order chi connectivity index (χ0) is 25.3. The normalized spacial score (nSPS) is 17.1. The third kappa shape index (κ3) is 4.35. The Morgan fingerprint density at radius 2 is 1.63 bits per heavy atom. The lowest BCUT2D eigenvalue weighted by molar-refractivity contribution is -0.132. The number of hydrogen-bond acceptors (Lipinski definition) is 5. The molecule has 1 N–H and O–H groups in total. The molecule has 6 nitrogen and oxygen atoms in total. The largest absolute Gasteiger partial charge is 0.507 e. The van der Waals surface area contributed by atoms with E-state index in [1.54, 1.807) is 12.1 Å². The van der Waals surface area contributed by atoms with Gasteiger partial charge in [0, 0.05) is 11.8 Å². The molecule has 0 saturated carbocycles. The zero-order valence-corrected chi connectivity index (χ0v) is 20.1. The molecule has 0 bridgehead atoms. The number of anilines is 1. The molecule has 3 aromatic rings. The third-order valence-corrected chi connectivity index (χ3v) is 6.28. The summed E-state index contributed by atoms with van der Waals surface area (Å²) >= 11 is 6.20. The monoisotopic (exact) mass is 495 g/mol. The van der Waals surface area contributed by atoms with Gasteiger partial charge in [-0.05, 0) is 47.9 Å². The first-order chi connectivity index (χ1) is 16.8. The number of carbonyl (C=O) groups is 2. The number of methoxy groups -OCH3 is 2. The van der Waals surface area contributed by atoms with Crippen LogP contribution in [0.25, 0.3) is 5.76 Å². The van der Waals surface area contributed by atoms with E-state index in [-0.39, 0.29) is 27.7 Å². The van der Waals surface area contributed by atoms with Crippen LogP contribution in [0.1, 0.15) is 29.7 Å². The van der Waals surface area contributed by atoms with E-state index in [4.69, 9.17) is 21.1 Å². The average Bonchev–Trinajstić information content (AvgIpc) is 3.14. The fourth-order valence-electron chi connectivity index (χ4n) is 4.14. The number of amides is 1. The quantitative estimate of drug-likeness (QED) is 0.270. The number of aliphatic hydroxyl groups excluding tert-OH is 1. The Bertz CT molecular complexity index is 1320. The van der Waals surface area contributed by atoms with Crippen molar-refractivity contribution < 1.29 is 28.6 Å². The highest BCUT2D eigenvalue weighted by Gasteiger charge is 2.47. The fraction of sp³-hybridized carbons (Fsp3) is 0.185. The van der Waals surface area contributed by atoms with Crippen LogP contribution in [0, 0.1) is 5.82 Å². The Hall–Kier alpha value is -3.84. The lowest BCUT2D eigenvalue weighted by Gasteiger charge is -2.26. The molecule has 0 aromatic heterocycles. The fourth-order valence-corrected chi connectivity index (χ4v) is 4.37. The Kier molecular flexibility index (Phi) is 6.80. The van der Waals surface area contributed by atoms with Crippen LogP contribution >= 0.6 is 11.6 Å². The van der Waals surface area contributed by atoms with Crippen LogP contribution in [-0.4, -0.2) is 31.0 Å². The molecular weight excluding hydrogens is 473 g/mol. The summed E-state index contributed by atoms with van der Waals surface area (Å²) < 4.78 is 24.3. The molecule has 1 unspecified atom stereocenters. The molecule has 3 aromatic carbocycles. The van der Waals surface area contributed by atoms with E-state index in [1.807, 2.05) is 19.1 Å². The second kappa shape index (κ2) is 9.80. The summed E-state index contributed by atoms with van der Waals surface area (Å²) in [4.78, 5) is 27.9. The summed E-state index contributed by atoms with van der Waals surface area (Å²) in [5.74, 6) is -2.20. The highest BCUT2D eigenvalue weighted by molar-refractivity contribution is 6.51. The number of rotatable bonds is 6. The first kappa shape index (κ1) is 24.3. The van der Waals surface area contributed by atoms with E-state index in [0.29, 0.717) is 11.3 Å². The summed E-state index contributed by atoms with van der Waals surface area (Å²) in [5.41, 5.74) is 1.94. The minimum absolute atomic E-state index is 0.125. The van der Waals surface area contributed by atoms with Crippen LogP contribution in [0.3, 0.4) is 0 Å². The van der Waals surface area contributed by atoms with Gasteiger partial charge in [-0.1, -0.05) is 42.8 Å². The standard InChI is InChI=1S/C27H23ClFNO5/c1-4-15-5-11-18(12-6-15)30-24(16-7-9-17(29)10-8-16)23(26(32)27(30)33)25(31)19-13-22(35-3)20(28)14-21(19)34-2/h5-14,24,31H,4H2,1-3H3/b25-23+. The van der Waals surface area contributed by atoms with Crippen molar-refractivity contribution in [3.05, 3.63) is 93.8 Å². The molecule has 1 fully saturated rings. The van der Waals surface area contributed by atoms with E-state index in [1.165, 1.54) is 55.5 Å². The lowest BCUT2D eigenvalue weighted by Crippen LogP contribution is -2.29. The topological polar surface area (TPSA) is 76.1 Å². The molecule has 0 spiro atoms. The molecule has 180 valence electrons. The average molecular weight is 496 g/mol. The van der Waals surface area contributed by atoms with Crippen LogP contribution in [0.15, 0.2) is 66.2 Å². The predicted octanol–water partition coefficient (Wildman–Crippen LogP) is 5.69. The smallest absolute Gasteiger partial charge is 0.300 e. The number of ketones is 1. The van der Waals surface area contributed by atoms with Crippen molar-refractivity contribution in [2.24, 2.45) is 0 Å². The molecule has 1 saturated heterocycles. The third-order valence-electron chi connectivity index (χ3n) is 5.98. The molecule has 1 heterocycles. The Morgan fingerprint density at radius 1 is 1.00 bits per heavy atom. The maximum Gasteiger partial charge on any atom is 0.300 e. The van der Waals surface area contributed by atoms with Gasteiger partial charge in [-0.3, -0.25) is 14.5 Å². The van der Waals surface area contributed by atoms with Crippen LogP contribution in [0.2, 0.25) is 5.02 Å². The van der Waals surface area contributed by atoms with Crippen molar-refractivity contribution in [2.75, 3.05) is 19.1 Å². The van der Waals surface area contributed by atoms with Gasteiger partial charge in [-0.15, -0.1) is 0 Å². The molecule has 0 aliphatic carbocycles. The summed E-state index contributed by atoms with van der Waals surface area (Å²) in [7, 11) is 2.80. The molecule has 0 radical (unpaired) electrons. The molecule has 1 atom stereocenters. The van der Waals surface area contributed by atoms with E-state index < -0.39 is 29.3 Å². The van der Waals surface area contributed by atoms with E-state index in [2.05, 4.69) is 0 Å². The molecule has 8 heteroatoms. The van der Waals surface area contributed by atoms with Crippen molar-refractivity contribution in [1.82, 2.24) is 0 Å². The molecule has 4 rings (SSSR count). The van der Waals surface area contributed by atoms with Gasteiger partial charge in [-0.2, -0.15) is 0 Å². The maximum absolute atomic E-state index is 13.7. The number of carbonyl (C=O) groups excluding carboxylic acids is 2. The maximum atomic E-state index is 13.7. The highest BCUT2D eigenvalue weighted by atomic mass is 35.5. The number of halogens is 2. The second-order valence-electron chi connectivity index (χ2n) is 7.93. The number of hydrogen-bond donors (Lipinski definition) is 1. The van der Waals surface area contributed by atoms with Crippen LogP contribution in [0.5, 0.6) is 11.5 Å². The number of aliphatic hydroxyl groups is 1. The van der Waals surface area contributed by atoms with Crippen molar-refractivity contribution in [1.29, 1.82) is 0 Å². The van der Waals surface area contributed by atoms with Crippen molar-refractivity contribution >= 4 is 34.7 Å². The number of ether oxygens (including phenoxy) is 2. The SMILES string of the molecule is CCc1ccc(N2C(=O)C(=O)/C(=C(/O)c3cc(OC)c(Cl)cc3OC)C2c2ccc(F)cc2)cc1. The minimum atomic E-state index is -1.01. The van der Waals surface area contributed by atoms with E-state index >= 15 is 0 Å². The molecule has 1 aliphatic rings. The summed E-state index contributed by atoms with van der Waals surface area (Å²) in [6, 6.07) is 14.5. The van der Waals surface area contributed by atoms with Gasteiger partial charge in [0.15, 0.2) is 0 Å². The zero-order valence-electron chi connectivity index (χ0n) is 19.3. The second-order valence-corrected chi connectivity index (χ2v) is 8.33.